The van der Waals surface area contributed by atoms with E-state index in [2.05, 4.69) is 0 Å². The lowest BCUT2D eigenvalue weighted by Gasteiger charge is -2.25. The Morgan fingerprint density at radius 3 is 2.45 bits per heavy atom. The van der Waals surface area contributed by atoms with Crippen molar-refractivity contribution in [2.45, 2.75) is 39.2 Å². The van der Waals surface area contributed by atoms with E-state index in [0.29, 0.717) is 12.8 Å². The maximum absolute atomic E-state index is 11.5. The summed E-state index contributed by atoms with van der Waals surface area (Å²) >= 11 is 0. The average molecular weight is 281 g/mol. The molecule has 0 aromatic heterocycles. The molecule has 0 amide bonds. The first-order valence-corrected chi connectivity index (χ1v) is 6.47. The Kier molecular flexibility index (Phi) is 5.21. The van der Waals surface area contributed by atoms with Gasteiger partial charge in [-0.1, -0.05) is 13.8 Å². The number of nitrogens with zero attached hydrogens (tertiary/aromatic N) is 1. The minimum absolute atomic E-state index is 0.0398. The number of carbonyl (C=O) groups excluding carboxylic acids is 1. The predicted molar refractivity (Wildman–Crippen MR) is 74.1 cm³/mol. The van der Waals surface area contributed by atoms with Gasteiger partial charge in [-0.25, -0.2) is 0 Å². The standard InChI is InChI=1S/C14H19NO5/c1-4-14(17,5-2)9-20-13-7-6-11(15(18)19)8-12(13)10(3)16/h6-8,17H,4-5,9H2,1-3H3. The molecule has 0 spiro atoms. The highest BCUT2D eigenvalue weighted by molar-refractivity contribution is 5.97. The van der Waals surface area contributed by atoms with E-state index in [9.17, 15) is 20.0 Å². The largest absolute Gasteiger partial charge is 0.490 e. The maximum atomic E-state index is 11.5. The van der Waals surface area contributed by atoms with Crippen LogP contribution in [0.5, 0.6) is 5.75 Å². The molecule has 0 aliphatic heterocycles. The van der Waals surface area contributed by atoms with Crippen LogP contribution in [-0.4, -0.2) is 28.0 Å². The van der Waals surface area contributed by atoms with Crippen LogP contribution in [0, 0.1) is 10.1 Å². The topological polar surface area (TPSA) is 89.7 Å². The lowest BCUT2D eigenvalue weighted by molar-refractivity contribution is -0.384. The van der Waals surface area contributed by atoms with Gasteiger partial charge in [0.15, 0.2) is 5.78 Å². The van der Waals surface area contributed by atoms with Gasteiger partial charge < -0.3 is 9.84 Å². The fourth-order valence-electron chi connectivity index (χ4n) is 1.70. The number of aliphatic hydroxyl groups is 1. The summed E-state index contributed by atoms with van der Waals surface area (Å²) in [6.45, 7) is 5.04. The highest BCUT2D eigenvalue weighted by Crippen LogP contribution is 2.26. The van der Waals surface area contributed by atoms with Crippen molar-refractivity contribution < 1.29 is 19.6 Å². The summed E-state index contributed by atoms with van der Waals surface area (Å²) in [6, 6.07) is 3.86. The summed E-state index contributed by atoms with van der Waals surface area (Å²) in [5.41, 5.74) is -0.979. The van der Waals surface area contributed by atoms with E-state index >= 15 is 0 Å². The molecule has 0 aliphatic carbocycles. The monoisotopic (exact) mass is 281 g/mol. The van der Waals surface area contributed by atoms with Crippen molar-refractivity contribution in [3.63, 3.8) is 0 Å². The van der Waals surface area contributed by atoms with Gasteiger partial charge in [0.05, 0.1) is 16.1 Å². The fraction of sp³-hybridized carbons (Fsp3) is 0.500. The molecule has 0 heterocycles. The summed E-state index contributed by atoms with van der Waals surface area (Å²) in [5.74, 6) is -0.0661. The second kappa shape index (κ2) is 6.47. The molecule has 0 unspecified atom stereocenters. The zero-order valence-corrected chi connectivity index (χ0v) is 11.9. The van der Waals surface area contributed by atoms with Crippen LogP contribution in [0.15, 0.2) is 18.2 Å². The number of rotatable bonds is 7. The van der Waals surface area contributed by atoms with Crippen LogP contribution < -0.4 is 4.74 Å². The number of carbonyl (C=O) groups is 1. The molecule has 0 aliphatic rings. The van der Waals surface area contributed by atoms with Gasteiger partial charge in [-0.2, -0.15) is 0 Å². The van der Waals surface area contributed by atoms with E-state index in [0.717, 1.165) is 0 Å². The number of non-ortho nitro benzene ring substituents is 1. The number of nitro benzene ring substituents is 1. The number of ether oxygens (including phenoxy) is 1. The summed E-state index contributed by atoms with van der Waals surface area (Å²) in [7, 11) is 0. The van der Waals surface area contributed by atoms with Crippen molar-refractivity contribution in [3.05, 3.63) is 33.9 Å². The smallest absolute Gasteiger partial charge is 0.270 e. The molecule has 6 nitrogen and oxygen atoms in total. The molecule has 0 fully saturated rings. The van der Waals surface area contributed by atoms with Gasteiger partial charge in [0.25, 0.3) is 5.69 Å². The molecule has 20 heavy (non-hydrogen) atoms. The SMILES string of the molecule is CCC(O)(CC)COc1ccc([N+](=O)[O-])cc1C(C)=O. The Labute approximate surface area is 117 Å². The van der Waals surface area contributed by atoms with Crippen molar-refractivity contribution in [2.75, 3.05) is 6.61 Å². The summed E-state index contributed by atoms with van der Waals surface area (Å²) in [4.78, 5) is 21.7. The van der Waals surface area contributed by atoms with Crippen molar-refractivity contribution in [1.82, 2.24) is 0 Å². The van der Waals surface area contributed by atoms with Crippen LogP contribution in [0.1, 0.15) is 44.0 Å². The first-order chi connectivity index (χ1) is 9.33. The van der Waals surface area contributed by atoms with E-state index in [1.807, 2.05) is 13.8 Å². The molecule has 1 aromatic rings. The molecule has 0 saturated heterocycles. The van der Waals surface area contributed by atoms with Crippen LogP contribution in [0.2, 0.25) is 0 Å². The van der Waals surface area contributed by atoms with Gasteiger partial charge in [0, 0.05) is 12.1 Å². The number of hydrogen-bond donors (Lipinski definition) is 1. The molecule has 0 saturated carbocycles. The summed E-state index contributed by atoms with van der Waals surface area (Å²) in [6.07, 6.45) is 1.04. The molecule has 110 valence electrons. The van der Waals surface area contributed by atoms with Crippen LogP contribution in [0.25, 0.3) is 0 Å². The Bertz CT molecular complexity index is 508. The molecule has 0 atom stereocenters. The minimum Gasteiger partial charge on any atom is -0.490 e. The van der Waals surface area contributed by atoms with E-state index in [-0.39, 0.29) is 29.4 Å². The third kappa shape index (κ3) is 3.77. The Morgan fingerprint density at radius 1 is 1.40 bits per heavy atom. The van der Waals surface area contributed by atoms with Gasteiger partial charge >= 0.3 is 0 Å². The van der Waals surface area contributed by atoms with Gasteiger partial charge in [-0.3, -0.25) is 14.9 Å². The molecule has 0 radical (unpaired) electrons. The van der Waals surface area contributed by atoms with Crippen molar-refractivity contribution in [3.8, 4) is 5.75 Å². The second-order valence-electron chi connectivity index (χ2n) is 4.71. The van der Waals surface area contributed by atoms with Gasteiger partial charge in [0.2, 0.25) is 0 Å². The van der Waals surface area contributed by atoms with Crippen molar-refractivity contribution in [2.24, 2.45) is 0 Å². The molecule has 0 bridgehead atoms. The maximum Gasteiger partial charge on any atom is 0.270 e. The Morgan fingerprint density at radius 2 is 2.00 bits per heavy atom. The summed E-state index contributed by atoms with van der Waals surface area (Å²) in [5, 5.41) is 20.9. The zero-order valence-electron chi connectivity index (χ0n) is 11.9. The second-order valence-corrected chi connectivity index (χ2v) is 4.71. The average Bonchev–Trinajstić information content (AvgIpc) is 2.44. The predicted octanol–water partition coefficient (Wildman–Crippen LogP) is 2.73. The van der Waals surface area contributed by atoms with Gasteiger partial charge in [-0.15, -0.1) is 0 Å². The van der Waals surface area contributed by atoms with Crippen LogP contribution in [0.3, 0.4) is 0 Å². The third-order valence-electron chi connectivity index (χ3n) is 3.37. The van der Waals surface area contributed by atoms with Crippen LogP contribution in [0.4, 0.5) is 5.69 Å². The fourth-order valence-corrected chi connectivity index (χ4v) is 1.70. The van der Waals surface area contributed by atoms with Gasteiger partial charge in [0.1, 0.15) is 12.4 Å². The highest BCUT2D eigenvalue weighted by Gasteiger charge is 2.24. The Balaban J connectivity index is 3.01. The van der Waals surface area contributed by atoms with Crippen LogP contribution in [-0.2, 0) is 0 Å². The first-order valence-electron chi connectivity index (χ1n) is 6.47. The molecular formula is C14H19NO5. The van der Waals surface area contributed by atoms with E-state index in [4.69, 9.17) is 4.74 Å². The lowest BCUT2D eigenvalue weighted by atomic mass is 9.99. The number of hydrogen-bond acceptors (Lipinski definition) is 5. The number of Topliss-reactive ketones (excluding diaryl/α,β-unsaturated/α-hetero) is 1. The van der Waals surface area contributed by atoms with E-state index < -0.39 is 10.5 Å². The molecule has 1 N–H and O–H groups in total. The Hall–Kier alpha value is -1.95. The molecular weight excluding hydrogens is 262 g/mol. The highest BCUT2D eigenvalue weighted by atomic mass is 16.6. The quantitative estimate of drug-likeness (QED) is 0.471. The van der Waals surface area contributed by atoms with Gasteiger partial charge in [-0.05, 0) is 25.8 Å². The molecule has 6 heteroatoms. The number of benzene rings is 1. The van der Waals surface area contributed by atoms with E-state index in [1.165, 1.54) is 25.1 Å². The summed E-state index contributed by atoms with van der Waals surface area (Å²) < 4.78 is 5.49. The third-order valence-corrected chi connectivity index (χ3v) is 3.37. The minimum atomic E-state index is -0.962. The zero-order chi connectivity index (χ0) is 15.3. The van der Waals surface area contributed by atoms with Crippen LogP contribution >= 0.6 is 0 Å². The number of ketones is 1. The van der Waals surface area contributed by atoms with Crippen molar-refractivity contribution >= 4 is 11.5 Å². The lowest BCUT2D eigenvalue weighted by Crippen LogP contribution is -2.34. The first kappa shape index (κ1) is 16.1. The number of nitro groups is 1. The molecule has 1 aromatic carbocycles. The van der Waals surface area contributed by atoms with Crippen molar-refractivity contribution in [1.29, 1.82) is 0 Å². The molecule has 1 rings (SSSR count). The normalized spacial score (nSPS) is 11.2. The van der Waals surface area contributed by atoms with E-state index in [1.54, 1.807) is 0 Å².